The number of amides is 2. The van der Waals surface area contributed by atoms with E-state index in [2.05, 4.69) is 29.0 Å². The number of H-pyrrole nitrogens is 1. The minimum atomic E-state index is -0.333. The third-order valence-corrected chi connectivity index (χ3v) is 6.98. The number of hydrogen-bond donors (Lipinski definition) is 2. The Bertz CT molecular complexity index is 1320. The molecule has 0 atom stereocenters. The second kappa shape index (κ2) is 11.6. The molecular formula is C30H35FN4O2. The molecule has 2 N–H and O–H groups in total. The molecule has 2 amide bonds. The molecule has 0 saturated carbocycles. The first kappa shape index (κ1) is 26.4. The third kappa shape index (κ3) is 5.83. The van der Waals surface area contributed by atoms with E-state index in [4.69, 9.17) is 0 Å². The van der Waals surface area contributed by atoms with Crippen LogP contribution in [0.3, 0.4) is 0 Å². The normalized spacial score (nSPS) is 13.8. The summed E-state index contributed by atoms with van der Waals surface area (Å²) in [4.78, 5) is 33.8. The van der Waals surface area contributed by atoms with Gasteiger partial charge in [0.15, 0.2) is 0 Å². The first-order valence-electron chi connectivity index (χ1n) is 13.0. The van der Waals surface area contributed by atoms with Crippen LogP contribution in [0.1, 0.15) is 43.3 Å². The first-order valence-corrected chi connectivity index (χ1v) is 13.0. The van der Waals surface area contributed by atoms with Crippen LogP contribution < -0.4 is 5.32 Å². The summed E-state index contributed by atoms with van der Waals surface area (Å²) in [5.74, 6) is -0.497. The Balaban J connectivity index is 1.65. The summed E-state index contributed by atoms with van der Waals surface area (Å²) in [6, 6.07) is 13.9. The number of fused-ring (bicyclic) bond motifs is 1. The Kier molecular flexibility index (Phi) is 8.24. The Morgan fingerprint density at radius 3 is 2.46 bits per heavy atom. The fourth-order valence-electron chi connectivity index (χ4n) is 4.91. The van der Waals surface area contributed by atoms with Crippen LogP contribution in [0, 0.1) is 12.7 Å². The molecule has 0 spiro atoms. The molecule has 0 unspecified atom stereocenters. The zero-order valence-electron chi connectivity index (χ0n) is 22.0. The molecule has 0 saturated heterocycles. The summed E-state index contributed by atoms with van der Waals surface area (Å²) in [7, 11) is 0. The fourth-order valence-corrected chi connectivity index (χ4v) is 4.91. The van der Waals surface area contributed by atoms with Crippen molar-refractivity contribution in [3.8, 4) is 11.1 Å². The predicted molar refractivity (Wildman–Crippen MR) is 148 cm³/mol. The van der Waals surface area contributed by atoms with Crippen molar-refractivity contribution in [1.82, 2.24) is 14.8 Å². The third-order valence-electron chi connectivity index (χ3n) is 6.98. The van der Waals surface area contributed by atoms with Gasteiger partial charge in [0, 0.05) is 42.3 Å². The Labute approximate surface area is 218 Å². The van der Waals surface area contributed by atoms with Crippen LogP contribution in [-0.4, -0.2) is 59.3 Å². The maximum Gasteiger partial charge on any atom is 0.256 e. The van der Waals surface area contributed by atoms with E-state index in [1.165, 1.54) is 12.1 Å². The van der Waals surface area contributed by atoms with Crippen LogP contribution in [-0.2, 0) is 16.0 Å². The highest BCUT2D eigenvalue weighted by Gasteiger charge is 2.28. The van der Waals surface area contributed by atoms with Crippen molar-refractivity contribution in [2.24, 2.45) is 0 Å². The van der Waals surface area contributed by atoms with Gasteiger partial charge in [-0.1, -0.05) is 38.1 Å². The molecule has 1 aliphatic rings. The molecule has 1 aliphatic heterocycles. The SMILES string of the molecule is CCN(CC)CCN(CC)C(=O)Cc1cc(C)[nH]c1C=C1C(=O)Nc2cccc(-c3cccc(F)c3)c21. The molecule has 0 radical (unpaired) electrons. The van der Waals surface area contributed by atoms with Crippen LogP contribution >= 0.6 is 0 Å². The van der Waals surface area contributed by atoms with E-state index < -0.39 is 0 Å². The van der Waals surface area contributed by atoms with E-state index in [0.717, 1.165) is 47.7 Å². The number of nitrogens with zero attached hydrogens (tertiary/aromatic N) is 2. The molecule has 194 valence electrons. The summed E-state index contributed by atoms with van der Waals surface area (Å²) in [6.45, 7) is 12.3. The number of nitrogens with one attached hydrogen (secondary N) is 2. The van der Waals surface area contributed by atoms with E-state index in [1.54, 1.807) is 6.07 Å². The smallest absolute Gasteiger partial charge is 0.256 e. The Morgan fingerprint density at radius 1 is 1.00 bits per heavy atom. The zero-order valence-corrected chi connectivity index (χ0v) is 22.0. The lowest BCUT2D eigenvalue weighted by molar-refractivity contribution is -0.130. The molecule has 7 heteroatoms. The molecule has 0 bridgehead atoms. The van der Waals surface area contributed by atoms with E-state index in [9.17, 15) is 14.0 Å². The average molecular weight is 503 g/mol. The monoisotopic (exact) mass is 502 g/mol. The number of halogens is 1. The number of aromatic amines is 1. The number of likely N-dealkylation sites (N-methyl/N-ethyl adjacent to an activating group) is 2. The fraction of sp³-hybridized carbons (Fsp3) is 0.333. The summed E-state index contributed by atoms with van der Waals surface area (Å²) in [6.07, 6.45) is 2.06. The lowest BCUT2D eigenvalue weighted by Crippen LogP contribution is -2.39. The summed E-state index contributed by atoms with van der Waals surface area (Å²) in [5.41, 5.74) is 5.88. The predicted octanol–water partition coefficient (Wildman–Crippen LogP) is 5.35. The van der Waals surface area contributed by atoms with Gasteiger partial charge in [-0.05, 0) is 74.0 Å². The number of hydrogen-bond acceptors (Lipinski definition) is 3. The second-order valence-corrected chi connectivity index (χ2v) is 9.32. The average Bonchev–Trinajstić information content (AvgIpc) is 3.39. The maximum atomic E-state index is 14.0. The van der Waals surface area contributed by atoms with Crippen LogP contribution in [0.5, 0.6) is 0 Å². The first-order chi connectivity index (χ1) is 17.8. The van der Waals surface area contributed by atoms with E-state index in [0.29, 0.717) is 29.9 Å². The van der Waals surface area contributed by atoms with Crippen LogP contribution in [0.25, 0.3) is 22.8 Å². The van der Waals surface area contributed by atoms with Crippen molar-refractivity contribution in [2.45, 2.75) is 34.1 Å². The molecule has 0 aliphatic carbocycles. The van der Waals surface area contributed by atoms with E-state index >= 15 is 0 Å². The van der Waals surface area contributed by atoms with Gasteiger partial charge in [-0.25, -0.2) is 4.39 Å². The van der Waals surface area contributed by atoms with Gasteiger partial charge in [0.1, 0.15) is 5.82 Å². The second-order valence-electron chi connectivity index (χ2n) is 9.32. The van der Waals surface area contributed by atoms with Crippen molar-refractivity contribution in [3.63, 3.8) is 0 Å². The summed E-state index contributed by atoms with van der Waals surface area (Å²) < 4.78 is 14.0. The van der Waals surface area contributed by atoms with Gasteiger partial charge in [-0.15, -0.1) is 0 Å². The highest BCUT2D eigenvalue weighted by atomic mass is 19.1. The standard InChI is InChI=1S/C30H35FN4O2/c1-5-34(6-2)14-15-35(7-3)28(36)18-22-16-20(4)32-27(22)19-25-29-24(21-10-8-11-23(31)17-21)12-9-13-26(29)33-30(25)37/h8-13,16-17,19,32H,5-7,14-15,18H2,1-4H3,(H,33,37). The summed E-state index contributed by atoms with van der Waals surface area (Å²) >= 11 is 0. The molecule has 2 heterocycles. The molecule has 6 nitrogen and oxygen atoms in total. The minimum Gasteiger partial charge on any atom is -0.359 e. The number of benzene rings is 2. The number of aromatic nitrogens is 1. The Morgan fingerprint density at radius 2 is 1.76 bits per heavy atom. The minimum absolute atomic E-state index is 0.0602. The van der Waals surface area contributed by atoms with Crippen molar-refractivity contribution in [2.75, 3.05) is 38.0 Å². The molecule has 37 heavy (non-hydrogen) atoms. The number of carbonyl (C=O) groups excluding carboxylic acids is 2. The zero-order chi connectivity index (χ0) is 26.5. The van der Waals surface area contributed by atoms with Gasteiger partial charge in [0.05, 0.1) is 12.0 Å². The van der Waals surface area contributed by atoms with Gasteiger partial charge in [-0.2, -0.15) is 0 Å². The largest absolute Gasteiger partial charge is 0.359 e. The van der Waals surface area contributed by atoms with Gasteiger partial charge in [0.2, 0.25) is 5.91 Å². The lowest BCUT2D eigenvalue weighted by atomic mass is 9.94. The topological polar surface area (TPSA) is 68.4 Å². The van der Waals surface area contributed by atoms with Crippen LogP contribution in [0.15, 0.2) is 48.5 Å². The molecule has 0 fully saturated rings. The van der Waals surface area contributed by atoms with Gasteiger partial charge < -0.3 is 20.1 Å². The van der Waals surface area contributed by atoms with Gasteiger partial charge >= 0.3 is 0 Å². The number of rotatable bonds is 10. The number of anilines is 1. The van der Waals surface area contributed by atoms with Crippen molar-refractivity contribution >= 4 is 29.2 Å². The molecule has 2 aromatic carbocycles. The van der Waals surface area contributed by atoms with Crippen molar-refractivity contribution in [1.29, 1.82) is 0 Å². The van der Waals surface area contributed by atoms with Gasteiger partial charge in [-0.3, -0.25) is 9.59 Å². The highest BCUT2D eigenvalue weighted by Crippen LogP contribution is 2.40. The quantitative estimate of drug-likeness (QED) is 0.367. The van der Waals surface area contributed by atoms with Crippen molar-refractivity contribution in [3.05, 3.63) is 76.9 Å². The number of aryl methyl sites for hydroxylation is 1. The maximum absolute atomic E-state index is 14.0. The van der Waals surface area contributed by atoms with Gasteiger partial charge in [0.25, 0.3) is 5.91 Å². The molecule has 1 aromatic heterocycles. The van der Waals surface area contributed by atoms with Crippen LogP contribution in [0.4, 0.5) is 10.1 Å². The van der Waals surface area contributed by atoms with Crippen molar-refractivity contribution < 1.29 is 14.0 Å². The summed E-state index contributed by atoms with van der Waals surface area (Å²) in [5, 5.41) is 2.93. The number of carbonyl (C=O) groups is 2. The van der Waals surface area contributed by atoms with E-state index in [1.807, 2.05) is 55.2 Å². The molecule has 3 aromatic rings. The Hall–Kier alpha value is -3.71. The molecule has 4 rings (SSSR count). The highest BCUT2D eigenvalue weighted by molar-refractivity contribution is 6.36. The van der Waals surface area contributed by atoms with E-state index in [-0.39, 0.29) is 24.1 Å². The molecular weight excluding hydrogens is 467 g/mol. The van der Waals surface area contributed by atoms with Crippen LogP contribution in [0.2, 0.25) is 0 Å². The lowest BCUT2D eigenvalue weighted by Gasteiger charge is -2.25.